The minimum absolute atomic E-state index is 0.542. The largest absolute Gasteiger partial charge is 0.389 e. The van der Waals surface area contributed by atoms with Crippen molar-refractivity contribution in [2.24, 2.45) is 0 Å². The standard InChI is InChI=1S/C7H12N2O/c1-7(2,10)6-9-5-3-4-8-9/h3-5,10H,6H2,1-2H3. The van der Waals surface area contributed by atoms with Gasteiger partial charge in [-0.15, -0.1) is 0 Å². The second kappa shape index (κ2) is 2.42. The van der Waals surface area contributed by atoms with Crippen molar-refractivity contribution in [3.8, 4) is 0 Å². The van der Waals surface area contributed by atoms with Gasteiger partial charge in [0.15, 0.2) is 0 Å². The van der Waals surface area contributed by atoms with E-state index in [0.29, 0.717) is 6.54 Å². The monoisotopic (exact) mass is 140 g/mol. The Kier molecular flexibility index (Phi) is 1.76. The molecule has 0 bridgehead atoms. The molecule has 3 nitrogen and oxygen atoms in total. The first-order valence-electron chi connectivity index (χ1n) is 3.28. The summed E-state index contributed by atoms with van der Waals surface area (Å²) in [6, 6.07) is 1.84. The van der Waals surface area contributed by atoms with Crippen LogP contribution in [-0.2, 0) is 6.54 Å². The minimum Gasteiger partial charge on any atom is -0.389 e. The molecule has 0 spiro atoms. The van der Waals surface area contributed by atoms with E-state index in [1.54, 1.807) is 24.7 Å². The van der Waals surface area contributed by atoms with Crippen LogP contribution in [0.25, 0.3) is 0 Å². The molecule has 1 rings (SSSR count). The summed E-state index contributed by atoms with van der Waals surface area (Å²) >= 11 is 0. The van der Waals surface area contributed by atoms with E-state index in [4.69, 9.17) is 0 Å². The van der Waals surface area contributed by atoms with Crippen LogP contribution in [0.5, 0.6) is 0 Å². The summed E-state index contributed by atoms with van der Waals surface area (Å²) in [5.41, 5.74) is -0.675. The summed E-state index contributed by atoms with van der Waals surface area (Å²) < 4.78 is 1.71. The van der Waals surface area contributed by atoms with Crippen molar-refractivity contribution < 1.29 is 5.11 Å². The third-order valence-corrected chi connectivity index (χ3v) is 1.11. The quantitative estimate of drug-likeness (QED) is 0.655. The van der Waals surface area contributed by atoms with Crippen LogP contribution in [0.3, 0.4) is 0 Å². The number of aromatic nitrogens is 2. The van der Waals surface area contributed by atoms with E-state index in [2.05, 4.69) is 5.10 Å². The summed E-state index contributed by atoms with van der Waals surface area (Å²) in [4.78, 5) is 0. The topological polar surface area (TPSA) is 38.0 Å². The van der Waals surface area contributed by atoms with Crippen molar-refractivity contribution in [3.05, 3.63) is 18.5 Å². The Morgan fingerprint density at radius 2 is 2.30 bits per heavy atom. The smallest absolute Gasteiger partial charge is 0.0786 e. The van der Waals surface area contributed by atoms with E-state index >= 15 is 0 Å². The molecule has 0 unspecified atom stereocenters. The van der Waals surface area contributed by atoms with Crippen molar-refractivity contribution in [2.45, 2.75) is 26.0 Å². The molecule has 0 saturated carbocycles. The Bertz CT molecular complexity index is 186. The average molecular weight is 140 g/mol. The fraction of sp³-hybridized carbons (Fsp3) is 0.571. The predicted octanol–water partition coefficient (Wildman–Crippen LogP) is 0.654. The lowest BCUT2D eigenvalue weighted by Gasteiger charge is -2.16. The molecule has 1 aromatic rings. The second-order valence-corrected chi connectivity index (χ2v) is 3.02. The van der Waals surface area contributed by atoms with E-state index in [-0.39, 0.29) is 0 Å². The van der Waals surface area contributed by atoms with Crippen LogP contribution >= 0.6 is 0 Å². The molecular formula is C7H12N2O. The molecule has 1 heterocycles. The van der Waals surface area contributed by atoms with Gasteiger partial charge in [0.25, 0.3) is 0 Å². The zero-order valence-electron chi connectivity index (χ0n) is 6.28. The molecule has 56 valence electrons. The van der Waals surface area contributed by atoms with Gasteiger partial charge < -0.3 is 5.11 Å². The fourth-order valence-corrected chi connectivity index (χ4v) is 0.790. The van der Waals surface area contributed by atoms with E-state index in [1.807, 2.05) is 12.3 Å². The predicted molar refractivity (Wildman–Crippen MR) is 38.5 cm³/mol. The van der Waals surface area contributed by atoms with Gasteiger partial charge in [-0.05, 0) is 19.9 Å². The van der Waals surface area contributed by atoms with Gasteiger partial charge in [0.2, 0.25) is 0 Å². The van der Waals surface area contributed by atoms with Gasteiger partial charge in [-0.1, -0.05) is 0 Å². The molecule has 0 aliphatic rings. The first-order chi connectivity index (χ1) is 4.58. The molecule has 3 heteroatoms. The van der Waals surface area contributed by atoms with Gasteiger partial charge in [0.05, 0.1) is 12.1 Å². The molecule has 0 aliphatic heterocycles. The van der Waals surface area contributed by atoms with E-state index in [1.165, 1.54) is 0 Å². The lowest BCUT2D eigenvalue weighted by molar-refractivity contribution is 0.0577. The van der Waals surface area contributed by atoms with Gasteiger partial charge in [0, 0.05) is 12.4 Å². The van der Waals surface area contributed by atoms with Crippen molar-refractivity contribution >= 4 is 0 Å². The van der Waals surface area contributed by atoms with Crippen LogP contribution in [0.1, 0.15) is 13.8 Å². The molecule has 0 saturated heterocycles. The van der Waals surface area contributed by atoms with Crippen molar-refractivity contribution in [3.63, 3.8) is 0 Å². The maximum atomic E-state index is 9.33. The lowest BCUT2D eigenvalue weighted by Crippen LogP contribution is -2.26. The zero-order chi connectivity index (χ0) is 7.61. The van der Waals surface area contributed by atoms with Crippen molar-refractivity contribution in [2.75, 3.05) is 0 Å². The fourth-order valence-electron chi connectivity index (χ4n) is 0.790. The first kappa shape index (κ1) is 7.28. The molecule has 10 heavy (non-hydrogen) atoms. The van der Waals surface area contributed by atoms with Crippen molar-refractivity contribution in [1.82, 2.24) is 9.78 Å². The number of hydrogen-bond acceptors (Lipinski definition) is 2. The third-order valence-electron chi connectivity index (χ3n) is 1.11. The molecule has 0 radical (unpaired) electrons. The molecule has 1 aromatic heterocycles. The molecular weight excluding hydrogens is 128 g/mol. The summed E-state index contributed by atoms with van der Waals surface area (Å²) in [6.45, 7) is 4.06. The van der Waals surface area contributed by atoms with Crippen LogP contribution in [0.4, 0.5) is 0 Å². The Balaban J connectivity index is 2.57. The Morgan fingerprint density at radius 3 is 2.70 bits per heavy atom. The zero-order valence-corrected chi connectivity index (χ0v) is 6.28. The normalized spacial score (nSPS) is 11.9. The van der Waals surface area contributed by atoms with Gasteiger partial charge in [0.1, 0.15) is 0 Å². The maximum Gasteiger partial charge on any atom is 0.0786 e. The SMILES string of the molecule is CC(C)(O)Cn1cccn1. The summed E-state index contributed by atoms with van der Waals surface area (Å²) in [7, 11) is 0. The highest BCUT2D eigenvalue weighted by atomic mass is 16.3. The highest BCUT2D eigenvalue weighted by molar-refractivity contribution is 4.79. The Labute approximate surface area is 60.3 Å². The summed E-state index contributed by atoms with van der Waals surface area (Å²) in [5, 5.41) is 13.3. The lowest BCUT2D eigenvalue weighted by atomic mass is 10.1. The van der Waals surface area contributed by atoms with Gasteiger partial charge in [-0.3, -0.25) is 4.68 Å². The maximum absolute atomic E-state index is 9.33. The number of rotatable bonds is 2. The molecule has 0 fully saturated rings. The molecule has 0 amide bonds. The van der Waals surface area contributed by atoms with Crippen LogP contribution in [0, 0.1) is 0 Å². The third kappa shape index (κ3) is 2.19. The van der Waals surface area contributed by atoms with Crippen molar-refractivity contribution in [1.29, 1.82) is 0 Å². The highest BCUT2D eigenvalue weighted by Gasteiger charge is 2.12. The molecule has 1 N–H and O–H groups in total. The van der Waals surface area contributed by atoms with E-state index < -0.39 is 5.60 Å². The molecule has 0 aliphatic carbocycles. The number of nitrogens with zero attached hydrogens (tertiary/aromatic N) is 2. The van der Waals surface area contributed by atoms with E-state index in [9.17, 15) is 5.11 Å². The number of aliphatic hydroxyl groups is 1. The molecule has 0 aromatic carbocycles. The van der Waals surface area contributed by atoms with Gasteiger partial charge in [-0.2, -0.15) is 5.10 Å². The number of hydrogen-bond donors (Lipinski definition) is 1. The first-order valence-corrected chi connectivity index (χ1v) is 3.28. The van der Waals surface area contributed by atoms with Crippen LogP contribution in [0.15, 0.2) is 18.5 Å². The molecule has 0 atom stereocenters. The van der Waals surface area contributed by atoms with Crippen LogP contribution < -0.4 is 0 Å². The second-order valence-electron chi connectivity index (χ2n) is 3.02. The van der Waals surface area contributed by atoms with Crippen LogP contribution in [-0.4, -0.2) is 20.5 Å². The summed E-state index contributed by atoms with van der Waals surface area (Å²) in [5.74, 6) is 0. The Morgan fingerprint density at radius 1 is 1.60 bits per heavy atom. The van der Waals surface area contributed by atoms with Gasteiger partial charge in [-0.25, -0.2) is 0 Å². The van der Waals surface area contributed by atoms with E-state index in [0.717, 1.165) is 0 Å². The minimum atomic E-state index is -0.675. The highest BCUT2D eigenvalue weighted by Crippen LogP contribution is 2.03. The average Bonchev–Trinajstić information content (AvgIpc) is 2.12. The Hall–Kier alpha value is -0.830. The summed E-state index contributed by atoms with van der Waals surface area (Å²) in [6.07, 6.45) is 3.53. The van der Waals surface area contributed by atoms with Gasteiger partial charge >= 0.3 is 0 Å². The van der Waals surface area contributed by atoms with Crippen LogP contribution in [0.2, 0.25) is 0 Å².